The minimum Gasteiger partial charge on any atom is -0.481 e. The molecule has 0 spiro atoms. The molecule has 0 radical (unpaired) electrons. The molecular formula is C21H25NO3S. The van der Waals surface area contributed by atoms with Crippen molar-refractivity contribution in [1.29, 1.82) is 0 Å². The van der Waals surface area contributed by atoms with Gasteiger partial charge in [0.05, 0.1) is 11.9 Å². The van der Waals surface area contributed by atoms with Crippen molar-refractivity contribution in [3.63, 3.8) is 0 Å². The predicted octanol–water partition coefficient (Wildman–Crippen LogP) is 4.47. The number of benzene rings is 2. The van der Waals surface area contributed by atoms with Crippen LogP contribution in [0.25, 0.3) is 0 Å². The predicted molar refractivity (Wildman–Crippen MR) is 105 cm³/mol. The van der Waals surface area contributed by atoms with Crippen molar-refractivity contribution in [1.82, 2.24) is 0 Å². The number of hydrogen-bond donors (Lipinski definition) is 0. The fourth-order valence-corrected chi connectivity index (χ4v) is 3.61. The molecule has 0 saturated carbocycles. The lowest BCUT2D eigenvalue weighted by Gasteiger charge is -2.19. The van der Waals surface area contributed by atoms with E-state index in [1.54, 1.807) is 7.11 Å². The summed E-state index contributed by atoms with van der Waals surface area (Å²) in [6, 6.07) is 18.0. The zero-order chi connectivity index (χ0) is 18.9. The highest BCUT2D eigenvalue weighted by molar-refractivity contribution is 7.85. The molecule has 1 saturated heterocycles. The molecule has 2 aromatic rings. The first kappa shape index (κ1) is 18.8. The molecule has 2 aromatic carbocycles. The molecule has 0 bridgehead atoms. The highest BCUT2D eigenvalue weighted by Gasteiger charge is 2.64. The number of ether oxygens (including phenoxy) is 2. The van der Waals surface area contributed by atoms with E-state index in [0.29, 0.717) is 5.90 Å². The number of aryl methyl sites for hydroxylation is 1. The van der Waals surface area contributed by atoms with Gasteiger partial charge >= 0.3 is 0 Å². The molecule has 1 fully saturated rings. The third-order valence-corrected chi connectivity index (χ3v) is 5.87. The van der Waals surface area contributed by atoms with Crippen LogP contribution in [0.4, 0.5) is 0 Å². The van der Waals surface area contributed by atoms with Crippen LogP contribution in [0.3, 0.4) is 0 Å². The van der Waals surface area contributed by atoms with Gasteiger partial charge in [0.25, 0.3) is 0 Å². The van der Waals surface area contributed by atoms with E-state index < -0.39 is 21.3 Å². The van der Waals surface area contributed by atoms with Crippen LogP contribution in [0.2, 0.25) is 0 Å². The van der Waals surface area contributed by atoms with Gasteiger partial charge in [0.1, 0.15) is 17.1 Å². The van der Waals surface area contributed by atoms with Gasteiger partial charge in [-0.1, -0.05) is 54.6 Å². The van der Waals surface area contributed by atoms with Gasteiger partial charge in [0.15, 0.2) is 0 Å². The Morgan fingerprint density at radius 3 is 2.31 bits per heavy atom. The van der Waals surface area contributed by atoms with Gasteiger partial charge in [0, 0.05) is 0 Å². The zero-order valence-corrected chi connectivity index (χ0v) is 16.7. The normalized spacial score (nSPS) is 24.2. The molecule has 1 aliphatic rings. The van der Waals surface area contributed by atoms with E-state index in [4.69, 9.17) is 9.47 Å². The van der Waals surface area contributed by atoms with E-state index in [1.807, 2.05) is 63.2 Å². The molecule has 138 valence electrons. The number of rotatable bonds is 4. The van der Waals surface area contributed by atoms with Crippen molar-refractivity contribution in [3.05, 3.63) is 71.3 Å². The molecule has 0 N–H and O–H groups in total. The van der Waals surface area contributed by atoms with Crippen LogP contribution in [-0.4, -0.2) is 22.0 Å². The summed E-state index contributed by atoms with van der Waals surface area (Å²) in [5.74, 6) is 0.352. The standard InChI is InChI=1S/C21H25NO3S/c1-15-11-9-10-14-17(15)18-21(25-18,16-12-7-6-8-13-16)19(24-5)22-26(23)20(2,3)4/h6-14,18H,1-5H3/b22-19-/t18-,21+,26?/m1/s1. The lowest BCUT2D eigenvalue weighted by atomic mass is 9.90. The second-order valence-electron chi connectivity index (χ2n) is 7.42. The third-order valence-electron chi connectivity index (χ3n) is 4.49. The Hall–Kier alpha value is -1.98. The second-order valence-corrected chi connectivity index (χ2v) is 9.32. The summed E-state index contributed by atoms with van der Waals surface area (Å²) >= 11 is 0. The number of epoxide rings is 1. The highest BCUT2D eigenvalue weighted by Crippen LogP contribution is 2.58. The van der Waals surface area contributed by atoms with Crippen LogP contribution in [0.5, 0.6) is 0 Å². The second kappa shape index (κ2) is 6.97. The van der Waals surface area contributed by atoms with Crippen molar-refractivity contribution >= 4 is 16.9 Å². The molecule has 0 amide bonds. The van der Waals surface area contributed by atoms with Crippen LogP contribution >= 0.6 is 0 Å². The first-order chi connectivity index (χ1) is 12.3. The molecule has 5 heteroatoms. The Labute approximate surface area is 157 Å². The fraction of sp³-hybridized carbons (Fsp3) is 0.381. The van der Waals surface area contributed by atoms with Crippen molar-refractivity contribution in [3.8, 4) is 0 Å². The minimum absolute atomic E-state index is 0.221. The van der Waals surface area contributed by atoms with E-state index in [0.717, 1.165) is 16.7 Å². The van der Waals surface area contributed by atoms with Crippen LogP contribution in [0, 0.1) is 6.92 Å². The van der Waals surface area contributed by atoms with Crippen LogP contribution in [0.1, 0.15) is 43.6 Å². The first-order valence-electron chi connectivity index (χ1n) is 8.64. The van der Waals surface area contributed by atoms with Gasteiger partial charge in [-0.05, 0) is 44.4 Å². The summed E-state index contributed by atoms with van der Waals surface area (Å²) in [6.07, 6.45) is -0.221. The smallest absolute Gasteiger partial charge is 0.238 e. The van der Waals surface area contributed by atoms with Crippen molar-refractivity contribution < 1.29 is 13.7 Å². The van der Waals surface area contributed by atoms with E-state index in [1.165, 1.54) is 0 Å². The average molecular weight is 372 g/mol. The average Bonchev–Trinajstić information content (AvgIpc) is 3.36. The van der Waals surface area contributed by atoms with Crippen molar-refractivity contribution in [2.75, 3.05) is 7.11 Å². The molecule has 1 unspecified atom stereocenters. The topological polar surface area (TPSA) is 51.2 Å². The summed E-state index contributed by atoms with van der Waals surface area (Å²) in [4.78, 5) is 0. The van der Waals surface area contributed by atoms with Crippen LogP contribution in [0.15, 0.2) is 59.0 Å². The van der Waals surface area contributed by atoms with Gasteiger partial charge in [-0.2, -0.15) is 4.40 Å². The summed E-state index contributed by atoms with van der Waals surface area (Å²) < 4.78 is 28.4. The Morgan fingerprint density at radius 2 is 1.73 bits per heavy atom. The van der Waals surface area contributed by atoms with Crippen molar-refractivity contribution in [2.45, 2.75) is 44.1 Å². The maximum absolute atomic E-state index is 12.6. The van der Waals surface area contributed by atoms with Gasteiger partial charge < -0.3 is 9.47 Å². The molecule has 0 aliphatic carbocycles. The Balaban J connectivity index is 2.11. The highest BCUT2D eigenvalue weighted by atomic mass is 32.2. The van der Waals surface area contributed by atoms with E-state index in [-0.39, 0.29) is 6.10 Å². The maximum Gasteiger partial charge on any atom is 0.238 e. The van der Waals surface area contributed by atoms with Crippen LogP contribution in [-0.2, 0) is 26.1 Å². The third kappa shape index (κ3) is 3.33. The number of methoxy groups -OCH3 is 1. The van der Waals surface area contributed by atoms with E-state index in [9.17, 15) is 4.21 Å². The molecular weight excluding hydrogens is 346 g/mol. The van der Waals surface area contributed by atoms with E-state index >= 15 is 0 Å². The number of nitrogens with zero attached hydrogens (tertiary/aromatic N) is 1. The van der Waals surface area contributed by atoms with Gasteiger partial charge in [-0.15, -0.1) is 0 Å². The SMILES string of the molecule is CO/C(=N\S(=O)C(C)(C)C)[C@@]1(c2ccccc2)O[C@@H]1c1ccccc1C. The lowest BCUT2D eigenvalue weighted by molar-refractivity contribution is 0.295. The summed E-state index contributed by atoms with van der Waals surface area (Å²) in [5, 5.41) is 0. The first-order valence-corrected chi connectivity index (χ1v) is 9.75. The Kier molecular flexibility index (Phi) is 5.04. The maximum atomic E-state index is 12.6. The van der Waals surface area contributed by atoms with Gasteiger partial charge in [0.2, 0.25) is 11.5 Å². The summed E-state index contributed by atoms with van der Waals surface area (Å²) in [7, 11) is 0.114. The molecule has 0 aromatic heterocycles. The zero-order valence-electron chi connectivity index (χ0n) is 15.9. The quantitative estimate of drug-likeness (QED) is 0.453. The summed E-state index contributed by atoms with van der Waals surface area (Å²) in [6.45, 7) is 7.73. The van der Waals surface area contributed by atoms with E-state index in [2.05, 4.69) is 23.5 Å². The molecule has 26 heavy (non-hydrogen) atoms. The van der Waals surface area contributed by atoms with Gasteiger partial charge in [-0.25, -0.2) is 4.21 Å². The summed E-state index contributed by atoms with van der Waals surface area (Å²) in [5.41, 5.74) is 2.33. The minimum atomic E-state index is -1.44. The molecule has 1 heterocycles. The fourth-order valence-electron chi connectivity index (χ4n) is 2.98. The van der Waals surface area contributed by atoms with Crippen molar-refractivity contribution in [2.24, 2.45) is 4.40 Å². The molecule has 4 nitrogen and oxygen atoms in total. The molecule has 3 rings (SSSR count). The number of hydrogen-bond acceptors (Lipinski definition) is 3. The monoisotopic (exact) mass is 371 g/mol. The Morgan fingerprint density at radius 1 is 1.12 bits per heavy atom. The largest absolute Gasteiger partial charge is 0.481 e. The Bertz CT molecular complexity index is 842. The molecule has 1 aliphatic heterocycles. The lowest BCUT2D eigenvalue weighted by Crippen LogP contribution is -2.28. The molecule has 3 atom stereocenters. The van der Waals surface area contributed by atoms with Crippen LogP contribution < -0.4 is 0 Å². The van der Waals surface area contributed by atoms with Gasteiger partial charge in [-0.3, -0.25) is 0 Å².